The Morgan fingerprint density at radius 1 is 0.882 bits per heavy atom. The van der Waals surface area contributed by atoms with Gasteiger partial charge in [-0.15, -0.1) is 0 Å². The summed E-state index contributed by atoms with van der Waals surface area (Å²) in [5, 5.41) is 0. The molecule has 0 aliphatic rings. The van der Waals surface area contributed by atoms with Gasteiger partial charge in [0.05, 0.1) is 12.6 Å². The molecule has 0 amide bonds. The lowest BCUT2D eigenvalue weighted by atomic mass is 10.1. The number of hydrogen-bond acceptors (Lipinski definition) is 5. The van der Waals surface area contributed by atoms with Gasteiger partial charge in [-0.25, -0.2) is 9.78 Å². The summed E-state index contributed by atoms with van der Waals surface area (Å²) < 4.78 is 4.12. The summed E-state index contributed by atoms with van der Waals surface area (Å²) in [6, 6.07) is 19.6. The Hall–Kier alpha value is -3.78. The van der Waals surface area contributed by atoms with Gasteiger partial charge in [-0.2, -0.15) is 0 Å². The lowest BCUT2D eigenvalue weighted by molar-refractivity contribution is -0.119. The molecular formula is C26H29N5O3. The molecule has 4 rings (SSSR count). The first kappa shape index (κ1) is 23.4. The van der Waals surface area contributed by atoms with Crippen LogP contribution in [0.15, 0.2) is 70.3 Å². The number of Topliss-reactive ketones (excluding diaryl/α,β-unsaturated/α-hetero) is 1. The first-order valence-corrected chi connectivity index (χ1v) is 11.3. The highest BCUT2D eigenvalue weighted by Crippen LogP contribution is 2.22. The van der Waals surface area contributed by atoms with Crippen molar-refractivity contribution in [2.24, 2.45) is 14.1 Å². The van der Waals surface area contributed by atoms with E-state index in [9.17, 15) is 14.4 Å². The van der Waals surface area contributed by atoms with Crippen molar-refractivity contribution in [3.63, 3.8) is 0 Å². The van der Waals surface area contributed by atoms with Gasteiger partial charge >= 0.3 is 5.69 Å². The molecule has 2 heterocycles. The Morgan fingerprint density at radius 2 is 1.41 bits per heavy atom. The zero-order valence-electron chi connectivity index (χ0n) is 19.9. The summed E-state index contributed by atoms with van der Waals surface area (Å²) in [4.78, 5) is 45.0. The topological polar surface area (TPSA) is 82.1 Å². The molecule has 2 aromatic heterocycles. The normalized spacial score (nSPS) is 12.4. The molecule has 8 nitrogen and oxygen atoms in total. The number of aryl methyl sites for hydroxylation is 1. The van der Waals surface area contributed by atoms with Crippen LogP contribution >= 0.6 is 0 Å². The molecule has 1 atom stereocenters. The average Bonchev–Trinajstić information content (AvgIpc) is 3.21. The third-order valence-electron chi connectivity index (χ3n) is 6.20. The monoisotopic (exact) mass is 459 g/mol. The fraction of sp³-hybridized carbons (Fsp3) is 0.308. The highest BCUT2D eigenvalue weighted by molar-refractivity contribution is 5.82. The predicted octanol–water partition coefficient (Wildman–Crippen LogP) is 2.79. The van der Waals surface area contributed by atoms with Gasteiger partial charge in [-0.3, -0.25) is 23.6 Å². The molecule has 0 aliphatic carbocycles. The van der Waals surface area contributed by atoms with Crippen molar-refractivity contribution in [3.8, 4) is 0 Å². The maximum atomic E-state index is 13.1. The van der Waals surface area contributed by atoms with Crippen molar-refractivity contribution in [1.82, 2.24) is 23.6 Å². The number of fused-ring (bicyclic) bond motifs is 1. The number of hydrogen-bond donors (Lipinski definition) is 0. The number of carbonyl (C=O) groups excluding carboxylic acids is 1. The van der Waals surface area contributed by atoms with Crippen LogP contribution in [-0.4, -0.2) is 29.4 Å². The minimum absolute atomic E-state index is 0.0888. The van der Waals surface area contributed by atoms with Crippen LogP contribution in [0.5, 0.6) is 0 Å². The smallest absolute Gasteiger partial charge is 0.311 e. The second-order valence-electron chi connectivity index (χ2n) is 8.68. The van der Waals surface area contributed by atoms with Crippen LogP contribution in [0.1, 0.15) is 36.8 Å². The zero-order chi connectivity index (χ0) is 24.4. The summed E-state index contributed by atoms with van der Waals surface area (Å²) in [5.41, 5.74) is 1.93. The Bertz CT molecular complexity index is 1390. The molecule has 0 aliphatic heterocycles. The van der Waals surface area contributed by atoms with E-state index in [-0.39, 0.29) is 16.9 Å². The van der Waals surface area contributed by atoms with Gasteiger partial charge in [-0.1, -0.05) is 60.7 Å². The van der Waals surface area contributed by atoms with E-state index in [1.54, 1.807) is 18.5 Å². The van der Waals surface area contributed by atoms with Gasteiger partial charge in [0.25, 0.3) is 5.56 Å². The molecule has 176 valence electrons. The standard InChI is InChI=1S/C26H29N5O3/c1-18(19(2)32)31-22(27-24-23(31)25(33)29(4)26(34)28(24)3)17-30(15-20-11-7-5-8-12-20)16-21-13-9-6-10-14-21/h5-14,18H,15-17H2,1-4H3/t18-/m0/s1. The van der Waals surface area contributed by atoms with Crippen LogP contribution in [-0.2, 0) is 38.5 Å². The van der Waals surface area contributed by atoms with Crippen LogP contribution in [0.25, 0.3) is 11.2 Å². The van der Waals surface area contributed by atoms with E-state index in [2.05, 4.69) is 29.2 Å². The molecule has 8 heteroatoms. The molecule has 0 radical (unpaired) electrons. The van der Waals surface area contributed by atoms with Gasteiger partial charge < -0.3 is 4.57 Å². The molecule has 4 aromatic rings. The van der Waals surface area contributed by atoms with Gasteiger partial charge in [0.1, 0.15) is 5.82 Å². The van der Waals surface area contributed by atoms with Crippen molar-refractivity contribution in [3.05, 3.63) is 98.5 Å². The number of imidazole rings is 1. The van der Waals surface area contributed by atoms with E-state index in [1.807, 2.05) is 36.4 Å². The first-order chi connectivity index (χ1) is 16.3. The molecule has 0 fully saturated rings. The van der Waals surface area contributed by atoms with Gasteiger partial charge in [0.2, 0.25) is 0 Å². The van der Waals surface area contributed by atoms with Crippen molar-refractivity contribution in [2.45, 2.75) is 39.5 Å². The molecule has 34 heavy (non-hydrogen) atoms. The Morgan fingerprint density at radius 3 is 1.91 bits per heavy atom. The minimum Gasteiger partial charge on any atom is -0.311 e. The molecule has 0 saturated carbocycles. The first-order valence-electron chi connectivity index (χ1n) is 11.3. The van der Waals surface area contributed by atoms with Crippen LogP contribution in [0.4, 0.5) is 0 Å². The number of aromatic nitrogens is 4. The maximum Gasteiger partial charge on any atom is 0.332 e. The van der Waals surface area contributed by atoms with Crippen LogP contribution < -0.4 is 11.2 Å². The third kappa shape index (κ3) is 4.49. The predicted molar refractivity (Wildman–Crippen MR) is 131 cm³/mol. The lowest BCUT2D eigenvalue weighted by Gasteiger charge is -2.24. The fourth-order valence-electron chi connectivity index (χ4n) is 4.22. The Kier molecular flexibility index (Phi) is 6.61. The van der Waals surface area contributed by atoms with Gasteiger partial charge in [-0.05, 0) is 25.0 Å². The number of nitrogens with zero attached hydrogens (tertiary/aromatic N) is 5. The third-order valence-corrected chi connectivity index (χ3v) is 6.20. The van der Waals surface area contributed by atoms with Gasteiger partial charge in [0.15, 0.2) is 16.9 Å². The fourth-order valence-corrected chi connectivity index (χ4v) is 4.22. The van der Waals surface area contributed by atoms with E-state index >= 15 is 0 Å². The van der Waals surface area contributed by atoms with E-state index in [1.165, 1.54) is 18.5 Å². The van der Waals surface area contributed by atoms with Crippen molar-refractivity contribution >= 4 is 16.9 Å². The average molecular weight is 460 g/mol. The van der Waals surface area contributed by atoms with Gasteiger partial charge in [0, 0.05) is 27.2 Å². The van der Waals surface area contributed by atoms with Crippen LogP contribution in [0.2, 0.25) is 0 Å². The number of rotatable bonds is 8. The summed E-state index contributed by atoms with van der Waals surface area (Å²) >= 11 is 0. The zero-order valence-corrected chi connectivity index (χ0v) is 19.9. The van der Waals surface area contributed by atoms with E-state index < -0.39 is 17.3 Å². The number of ketones is 1. The lowest BCUT2D eigenvalue weighted by Crippen LogP contribution is -2.38. The Balaban J connectivity index is 1.85. The summed E-state index contributed by atoms with van der Waals surface area (Å²) in [6.07, 6.45) is 0. The molecular weight excluding hydrogens is 430 g/mol. The second-order valence-corrected chi connectivity index (χ2v) is 8.68. The number of carbonyl (C=O) groups is 1. The molecule has 0 spiro atoms. The summed E-state index contributed by atoms with van der Waals surface area (Å²) in [6.45, 7) is 4.97. The maximum absolute atomic E-state index is 13.1. The molecule has 2 aromatic carbocycles. The highest BCUT2D eigenvalue weighted by Gasteiger charge is 2.25. The van der Waals surface area contributed by atoms with Crippen LogP contribution in [0.3, 0.4) is 0 Å². The SMILES string of the molecule is CC(=O)[C@H](C)n1c(CN(Cc2ccccc2)Cc2ccccc2)nc2c1c(=O)n(C)c(=O)n2C. The number of benzene rings is 2. The van der Waals surface area contributed by atoms with Crippen LogP contribution in [0, 0.1) is 0 Å². The van der Waals surface area contributed by atoms with Crippen molar-refractivity contribution in [2.75, 3.05) is 0 Å². The Labute approximate surface area is 197 Å². The molecule has 0 N–H and O–H groups in total. The summed E-state index contributed by atoms with van der Waals surface area (Å²) in [5.74, 6) is 0.483. The largest absolute Gasteiger partial charge is 0.332 e. The van der Waals surface area contributed by atoms with E-state index in [0.717, 1.165) is 15.7 Å². The van der Waals surface area contributed by atoms with Crippen molar-refractivity contribution < 1.29 is 4.79 Å². The summed E-state index contributed by atoms with van der Waals surface area (Å²) in [7, 11) is 3.03. The quantitative estimate of drug-likeness (QED) is 0.405. The molecule has 0 bridgehead atoms. The van der Waals surface area contributed by atoms with E-state index in [0.29, 0.717) is 25.5 Å². The minimum atomic E-state index is -0.597. The van der Waals surface area contributed by atoms with Crippen molar-refractivity contribution in [1.29, 1.82) is 0 Å². The van der Waals surface area contributed by atoms with E-state index in [4.69, 9.17) is 4.98 Å². The second kappa shape index (κ2) is 9.61. The molecule has 0 unspecified atom stereocenters. The highest BCUT2D eigenvalue weighted by atomic mass is 16.2. The molecule has 0 saturated heterocycles.